The van der Waals surface area contributed by atoms with Crippen LogP contribution in [0.15, 0.2) is 78.4 Å². The number of aryl methyl sites for hydroxylation is 1. The lowest BCUT2D eigenvalue weighted by Crippen LogP contribution is -1.95. The standard InChI is InChI=1S/C27H20N4OS2/c1-16-3-12-22-23(13-16)34-26(31-22)18-4-8-19(9-5-18)30-25-24-21(14-33-27(24)29-15-28-25)17-6-10-20(32-2)11-7-17/h3-15H,1-2H3,(H,28,29,30). The Bertz CT molecular complexity index is 1620. The van der Waals surface area contributed by atoms with E-state index in [4.69, 9.17) is 9.72 Å². The average molecular weight is 481 g/mol. The highest BCUT2D eigenvalue weighted by atomic mass is 32.1. The minimum Gasteiger partial charge on any atom is -0.497 e. The maximum atomic E-state index is 5.30. The molecule has 3 heterocycles. The molecule has 0 atom stereocenters. The Morgan fingerprint density at radius 3 is 2.47 bits per heavy atom. The first kappa shape index (κ1) is 20.8. The van der Waals surface area contributed by atoms with Gasteiger partial charge in [-0.05, 0) is 66.6 Å². The number of benzene rings is 3. The van der Waals surface area contributed by atoms with Crippen molar-refractivity contribution in [2.24, 2.45) is 0 Å². The maximum absolute atomic E-state index is 5.30. The molecule has 0 saturated heterocycles. The molecule has 0 aliphatic heterocycles. The summed E-state index contributed by atoms with van der Waals surface area (Å²) in [6, 6.07) is 22.8. The molecule has 3 aromatic carbocycles. The van der Waals surface area contributed by atoms with Crippen molar-refractivity contribution >= 4 is 54.6 Å². The Balaban J connectivity index is 1.32. The van der Waals surface area contributed by atoms with Gasteiger partial charge in [0.15, 0.2) is 0 Å². The van der Waals surface area contributed by atoms with Crippen LogP contribution in [0.1, 0.15) is 5.56 Å². The van der Waals surface area contributed by atoms with E-state index in [0.717, 1.165) is 54.7 Å². The van der Waals surface area contributed by atoms with Crippen LogP contribution in [0.3, 0.4) is 0 Å². The number of methoxy groups -OCH3 is 1. The van der Waals surface area contributed by atoms with Crippen molar-refractivity contribution in [2.75, 3.05) is 12.4 Å². The van der Waals surface area contributed by atoms with Crippen LogP contribution in [0.25, 0.3) is 42.1 Å². The van der Waals surface area contributed by atoms with E-state index in [1.165, 1.54) is 10.3 Å². The van der Waals surface area contributed by atoms with E-state index in [0.29, 0.717) is 0 Å². The zero-order valence-corrected chi connectivity index (χ0v) is 20.2. The van der Waals surface area contributed by atoms with Gasteiger partial charge in [0.2, 0.25) is 0 Å². The number of rotatable bonds is 5. The number of nitrogens with one attached hydrogen (secondary N) is 1. The summed E-state index contributed by atoms with van der Waals surface area (Å²) in [5.74, 6) is 1.63. The van der Waals surface area contributed by atoms with E-state index in [9.17, 15) is 0 Å². The smallest absolute Gasteiger partial charge is 0.143 e. The lowest BCUT2D eigenvalue weighted by atomic mass is 10.1. The fourth-order valence-corrected chi connectivity index (χ4v) is 5.93. The Kier molecular flexibility index (Phi) is 5.20. The summed E-state index contributed by atoms with van der Waals surface area (Å²) in [6.07, 6.45) is 1.61. The Labute approximate surface area is 204 Å². The molecule has 0 spiro atoms. The normalized spacial score (nSPS) is 11.2. The van der Waals surface area contributed by atoms with Crippen LogP contribution < -0.4 is 10.1 Å². The third-order valence-electron chi connectivity index (χ3n) is 5.71. The predicted octanol–water partition coefficient (Wildman–Crippen LogP) is 7.70. The molecular formula is C27H20N4OS2. The number of aromatic nitrogens is 3. The van der Waals surface area contributed by atoms with Crippen LogP contribution in [-0.2, 0) is 0 Å². The SMILES string of the molecule is COc1ccc(-c2csc3ncnc(Nc4ccc(-c5nc6ccc(C)cc6s5)cc4)c23)cc1. The van der Waals surface area contributed by atoms with E-state index in [2.05, 4.69) is 82.2 Å². The predicted molar refractivity (Wildman–Crippen MR) is 142 cm³/mol. The second-order valence-corrected chi connectivity index (χ2v) is 9.86. The first-order valence-corrected chi connectivity index (χ1v) is 12.5. The van der Waals surface area contributed by atoms with Gasteiger partial charge >= 0.3 is 0 Å². The molecule has 0 aliphatic rings. The molecule has 0 amide bonds. The first-order chi connectivity index (χ1) is 16.7. The van der Waals surface area contributed by atoms with Gasteiger partial charge in [-0.3, -0.25) is 0 Å². The van der Waals surface area contributed by atoms with Crippen LogP contribution in [0.5, 0.6) is 5.75 Å². The van der Waals surface area contributed by atoms with E-state index in [-0.39, 0.29) is 0 Å². The molecule has 3 aromatic heterocycles. The molecule has 0 aliphatic carbocycles. The molecule has 6 rings (SSSR count). The Morgan fingerprint density at radius 1 is 0.882 bits per heavy atom. The molecule has 0 unspecified atom stereocenters. The first-order valence-electron chi connectivity index (χ1n) is 10.8. The fraction of sp³-hybridized carbons (Fsp3) is 0.0741. The zero-order chi connectivity index (χ0) is 23.1. The van der Waals surface area contributed by atoms with Gasteiger partial charge in [0.05, 0.1) is 22.7 Å². The van der Waals surface area contributed by atoms with Gasteiger partial charge in [-0.2, -0.15) is 0 Å². The van der Waals surface area contributed by atoms with Crippen molar-refractivity contribution in [3.05, 3.63) is 84.0 Å². The summed E-state index contributed by atoms with van der Waals surface area (Å²) < 4.78 is 6.51. The molecule has 0 fully saturated rings. The highest BCUT2D eigenvalue weighted by Gasteiger charge is 2.14. The van der Waals surface area contributed by atoms with Crippen molar-refractivity contribution in [2.45, 2.75) is 6.92 Å². The van der Waals surface area contributed by atoms with Crippen molar-refractivity contribution in [1.29, 1.82) is 0 Å². The topological polar surface area (TPSA) is 59.9 Å². The number of ether oxygens (including phenoxy) is 1. The number of fused-ring (bicyclic) bond motifs is 2. The quantitative estimate of drug-likeness (QED) is 0.274. The van der Waals surface area contributed by atoms with E-state index < -0.39 is 0 Å². The molecule has 7 heteroatoms. The van der Waals surface area contributed by atoms with Crippen molar-refractivity contribution in [3.63, 3.8) is 0 Å². The minimum absolute atomic E-state index is 0.792. The van der Waals surface area contributed by atoms with Gasteiger partial charge in [-0.15, -0.1) is 22.7 Å². The van der Waals surface area contributed by atoms with E-state index in [1.807, 2.05) is 12.1 Å². The summed E-state index contributed by atoms with van der Waals surface area (Å²) in [5.41, 5.74) is 6.57. The number of anilines is 2. The number of hydrogen-bond acceptors (Lipinski definition) is 7. The summed E-state index contributed by atoms with van der Waals surface area (Å²) in [4.78, 5) is 14.8. The molecule has 5 nitrogen and oxygen atoms in total. The molecule has 0 bridgehead atoms. The molecule has 166 valence electrons. The highest BCUT2D eigenvalue weighted by molar-refractivity contribution is 7.21. The van der Waals surface area contributed by atoms with Gasteiger partial charge in [0.1, 0.15) is 27.7 Å². The molecule has 0 radical (unpaired) electrons. The average Bonchev–Trinajstić information content (AvgIpc) is 3.49. The summed E-state index contributed by atoms with van der Waals surface area (Å²) >= 11 is 3.34. The Morgan fingerprint density at radius 2 is 1.68 bits per heavy atom. The van der Waals surface area contributed by atoms with Crippen molar-refractivity contribution in [3.8, 4) is 27.4 Å². The van der Waals surface area contributed by atoms with E-state index in [1.54, 1.807) is 36.1 Å². The molecular weight excluding hydrogens is 460 g/mol. The number of thiazole rings is 1. The second kappa shape index (κ2) is 8.52. The van der Waals surface area contributed by atoms with Crippen molar-refractivity contribution < 1.29 is 4.74 Å². The van der Waals surface area contributed by atoms with Gasteiger partial charge < -0.3 is 10.1 Å². The molecule has 0 saturated carbocycles. The van der Waals surface area contributed by atoms with Gasteiger partial charge in [0.25, 0.3) is 0 Å². The maximum Gasteiger partial charge on any atom is 0.143 e. The van der Waals surface area contributed by atoms with Gasteiger partial charge in [-0.25, -0.2) is 15.0 Å². The van der Waals surface area contributed by atoms with E-state index >= 15 is 0 Å². The van der Waals surface area contributed by atoms with Crippen LogP contribution in [0.4, 0.5) is 11.5 Å². The van der Waals surface area contributed by atoms with Crippen molar-refractivity contribution in [1.82, 2.24) is 15.0 Å². The van der Waals surface area contributed by atoms with Crippen LogP contribution in [0.2, 0.25) is 0 Å². The highest BCUT2D eigenvalue weighted by Crippen LogP contribution is 2.38. The summed E-state index contributed by atoms with van der Waals surface area (Å²) in [6.45, 7) is 2.11. The van der Waals surface area contributed by atoms with Gasteiger partial charge in [-0.1, -0.05) is 18.2 Å². The zero-order valence-electron chi connectivity index (χ0n) is 18.6. The minimum atomic E-state index is 0.792. The van der Waals surface area contributed by atoms with Gasteiger partial charge in [0, 0.05) is 22.2 Å². The number of nitrogens with zero attached hydrogens (tertiary/aromatic N) is 3. The van der Waals surface area contributed by atoms with Crippen LogP contribution in [0, 0.1) is 6.92 Å². The molecule has 1 N–H and O–H groups in total. The molecule has 34 heavy (non-hydrogen) atoms. The fourth-order valence-electron chi connectivity index (χ4n) is 3.94. The van der Waals surface area contributed by atoms with Crippen LogP contribution in [-0.4, -0.2) is 22.1 Å². The lowest BCUT2D eigenvalue weighted by molar-refractivity contribution is 0.415. The number of hydrogen-bond donors (Lipinski definition) is 1. The Hall–Kier alpha value is -3.81. The lowest BCUT2D eigenvalue weighted by Gasteiger charge is -2.09. The molecule has 6 aromatic rings. The third-order valence-corrected chi connectivity index (χ3v) is 7.66. The monoisotopic (exact) mass is 480 g/mol. The number of thiophene rings is 1. The largest absolute Gasteiger partial charge is 0.497 e. The summed E-state index contributed by atoms with van der Waals surface area (Å²) in [5, 5.41) is 7.66. The second-order valence-electron chi connectivity index (χ2n) is 7.97. The third kappa shape index (κ3) is 3.79. The van der Waals surface area contributed by atoms with Crippen LogP contribution >= 0.6 is 22.7 Å². The summed E-state index contributed by atoms with van der Waals surface area (Å²) in [7, 11) is 1.67.